The Kier molecular flexibility index (Phi) is 4.68. The molecule has 1 atom stereocenters. The Bertz CT molecular complexity index is 655. The molecule has 1 aromatic carbocycles. The molecule has 0 radical (unpaired) electrons. The zero-order chi connectivity index (χ0) is 15.4. The van der Waals surface area contributed by atoms with Gasteiger partial charge in [-0.05, 0) is 17.1 Å². The summed E-state index contributed by atoms with van der Waals surface area (Å²) in [4.78, 5) is 5.28. The fourth-order valence-corrected chi connectivity index (χ4v) is 3.20. The first-order chi connectivity index (χ1) is 10.8. The summed E-state index contributed by atoms with van der Waals surface area (Å²) in [6.45, 7) is 2.58. The van der Waals surface area contributed by atoms with Crippen molar-refractivity contribution >= 4 is 17.7 Å². The maximum Gasteiger partial charge on any atom is 0.262 e. The van der Waals surface area contributed by atoms with Crippen molar-refractivity contribution in [3.8, 4) is 0 Å². The number of aromatic nitrogens is 2. The molecule has 0 saturated carbocycles. The summed E-state index contributed by atoms with van der Waals surface area (Å²) in [5.74, 6) is 1.40. The van der Waals surface area contributed by atoms with E-state index in [1.165, 1.54) is 5.56 Å². The van der Waals surface area contributed by atoms with Gasteiger partial charge in [0.2, 0.25) is 0 Å². The standard InChI is InChI=1S/C16H19N3O2S/c1-3-13-10-20-18-15(21-13)14-9-17-19(2)16(14)22-11-12-7-5-4-6-8-12/h4-9,13H,3,10-11H2,1-2H3. The van der Waals surface area contributed by atoms with Crippen molar-refractivity contribution in [1.82, 2.24) is 9.78 Å². The molecule has 1 aromatic heterocycles. The number of oxime groups is 1. The van der Waals surface area contributed by atoms with Gasteiger partial charge in [0.15, 0.2) is 6.61 Å². The average Bonchev–Trinajstić information content (AvgIpc) is 2.95. The smallest absolute Gasteiger partial charge is 0.262 e. The van der Waals surface area contributed by atoms with E-state index in [1.807, 2.05) is 29.9 Å². The van der Waals surface area contributed by atoms with E-state index in [9.17, 15) is 0 Å². The van der Waals surface area contributed by atoms with Crippen LogP contribution >= 0.6 is 11.8 Å². The number of thioether (sulfide) groups is 1. The molecular weight excluding hydrogens is 298 g/mol. The SMILES string of the molecule is CCC1CON=C(c2cnn(C)c2SCc2ccccc2)O1. The topological polar surface area (TPSA) is 48.6 Å². The third-order valence-electron chi connectivity index (χ3n) is 3.47. The van der Waals surface area contributed by atoms with E-state index in [0.29, 0.717) is 12.5 Å². The van der Waals surface area contributed by atoms with Gasteiger partial charge in [0, 0.05) is 12.8 Å². The number of nitrogens with zero attached hydrogens (tertiary/aromatic N) is 3. The Hall–Kier alpha value is -1.95. The number of ether oxygens (including phenoxy) is 1. The molecule has 0 saturated heterocycles. The molecule has 1 aliphatic heterocycles. The van der Waals surface area contributed by atoms with Crippen LogP contribution in [-0.2, 0) is 22.4 Å². The molecule has 1 unspecified atom stereocenters. The first-order valence-corrected chi connectivity index (χ1v) is 8.32. The number of hydrogen-bond donors (Lipinski definition) is 0. The Morgan fingerprint density at radius 3 is 2.91 bits per heavy atom. The van der Waals surface area contributed by atoms with Gasteiger partial charge in [-0.15, -0.1) is 11.8 Å². The van der Waals surface area contributed by atoms with Gasteiger partial charge in [-0.1, -0.05) is 37.3 Å². The van der Waals surface area contributed by atoms with Crippen LogP contribution in [0.1, 0.15) is 24.5 Å². The van der Waals surface area contributed by atoms with Crippen LogP contribution in [0.4, 0.5) is 0 Å². The summed E-state index contributed by atoms with van der Waals surface area (Å²) in [6.07, 6.45) is 2.74. The summed E-state index contributed by atoms with van der Waals surface area (Å²) in [6, 6.07) is 10.4. The Morgan fingerprint density at radius 1 is 1.32 bits per heavy atom. The Morgan fingerprint density at radius 2 is 2.14 bits per heavy atom. The molecule has 0 fully saturated rings. The Labute approximate surface area is 134 Å². The molecule has 5 nitrogen and oxygen atoms in total. The maximum absolute atomic E-state index is 5.89. The molecule has 6 heteroatoms. The lowest BCUT2D eigenvalue weighted by molar-refractivity contribution is 0.00901. The minimum absolute atomic E-state index is 0.0553. The van der Waals surface area contributed by atoms with E-state index in [0.717, 1.165) is 22.8 Å². The quantitative estimate of drug-likeness (QED) is 0.795. The van der Waals surface area contributed by atoms with E-state index in [-0.39, 0.29) is 6.10 Å². The number of hydrogen-bond acceptors (Lipinski definition) is 5. The summed E-state index contributed by atoms with van der Waals surface area (Å²) in [7, 11) is 1.93. The number of benzene rings is 1. The fraction of sp³-hybridized carbons (Fsp3) is 0.375. The molecule has 0 aliphatic carbocycles. The van der Waals surface area contributed by atoms with Crippen molar-refractivity contribution < 1.29 is 9.57 Å². The molecule has 0 amide bonds. The second-order valence-corrected chi connectivity index (χ2v) is 6.07. The molecule has 0 bridgehead atoms. The highest BCUT2D eigenvalue weighted by molar-refractivity contribution is 7.98. The second-order valence-electron chi connectivity index (χ2n) is 5.10. The minimum atomic E-state index is 0.0553. The highest BCUT2D eigenvalue weighted by Gasteiger charge is 2.23. The van der Waals surface area contributed by atoms with Crippen LogP contribution in [0, 0.1) is 0 Å². The highest BCUT2D eigenvalue weighted by atomic mass is 32.2. The van der Waals surface area contributed by atoms with Crippen LogP contribution in [0.5, 0.6) is 0 Å². The van der Waals surface area contributed by atoms with Crippen molar-refractivity contribution in [2.75, 3.05) is 6.61 Å². The van der Waals surface area contributed by atoms with E-state index in [1.54, 1.807) is 18.0 Å². The lowest BCUT2D eigenvalue weighted by Crippen LogP contribution is -2.27. The van der Waals surface area contributed by atoms with Crippen molar-refractivity contribution in [2.45, 2.75) is 30.2 Å². The van der Waals surface area contributed by atoms with Crippen LogP contribution in [-0.4, -0.2) is 28.4 Å². The first kappa shape index (κ1) is 15.0. The molecule has 3 rings (SSSR count). The summed E-state index contributed by atoms with van der Waals surface area (Å²) < 4.78 is 7.74. The van der Waals surface area contributed by atoms with Crippen LogP contribution in [0.2, 0.25) is 0 Å². The zero-order valence-corrected chi connectivity index (χ0v) is 13.5. The van der Waals surface area contributed by atoms with E-state index in [4.69, 9.17) is 9.57 Å². The van der Waals surface area contributed by atoms with Crippen molar-refractivity contribution in [1.29, 1.82) is 0 Å². The van der Waals surface area contributed by atoms with Crippen LogP contribution in [0.3, 0.4) is 0 Å². The summed E-state index contributed by atoms with van der Waals surface area (Å²) >= 11 is 1.72. The van der Waals surface area contributed by atoms with Crippen LogP contribution in [0.15, 0.2) is 46.7 Å². The summed E-state index contributed by atoms with van der Waals surface area (Å²) in [5, 5.41) is 9.42. The zero-order valence-electron chi connectivity index (χ0n) is 12.7. The minimum Gasteiger partial charge on any atom is -0.468 e. The molecule has 1 aliphatic rings. The molecule has 116 valence electrons. The third kappa shape index (κ3) is 3.27. The highest BCUT2D eigenvalue weighted by Crippen LogP contribution is 2.27. The summed E-state index contributed by atoms with van der Waals surface area (Å²) in [5.41, 5.74) is 2.16. The molecular formula is C16H19N3O2S. The van der Waals surface area contributed by atoms with Gasteiger partial charge in [0.1, 0.15) is 11.1 Å². The lowest BCUT2D eigenvalue weighted by atomic mass is 10.2. The molecule has 0 spiro atoms. The Balaban J connectivity index is 1.77. The van der Waals surface area contributed by atoms with E-state index < -0.39 is 0 Å². The molecule has 22 heavy (non-hydrogen) atoms. The lowest BCUT2D eigenvalue weighted by Gasteiger charge is -2.21. The van der Waals surface area contributed by atoms with Gasteiger partial charge < -0.3 is 9.57 Å². The predicted octanol–water partition coefficient (Wildman–Crippen LogP) is 3.20. The van der Waals surface area contributed by atoms with E-state index >= 15 is 0 Å². The molecule has 2 heterocycles. The van der Waals surface area contributed by atoms with Crippen molar-refractivity contribution in [2.24, 2.45) is 12.2 Å². The van der Waals surface area contributed by atoms with Gasteiger partial charge in [0.25, 0.3) is 5.90 Å². The average molecular weight is 317 g/mol. The fourth-order valence-electron chi connectivity index (χ4n) is 2.18. The van der Waals surface area contributed by atoms with Crippen LogP contribution in [0.25, 0.3) is 0 Å². The van der Waals surface area contributed by atoms with Crippen molar-refractivity contribution in [3.05, 3.63) is 47.7 Å². The first-order valence-electron chi connectivity index (χ1n) is 7.33. The normalized spacial score (nSPS) is 17.5. The third-order valence-corrected chi connectivity index (χ3v) is 4.71. The van der Waals surface area contributed by atoms with Gasteiger partial charge in [-0.3, -0.25) is 4.68 Å². The maximum atomic E-state index is 5.89. The van der Waals surface area contributed by atoms with Crippen molar-refractivity contribution in [3.63, 3.8) is 0 Å². The second kappa shape index (κ2) is 6.87. The molecule has 0 N–H and O–H groups in total. The van der Waals surface area contributed by atoms with Gasteiger partial charge >= 0.3 is 0 Å². The number of rotatable bonds is 5. The largest absolute Gasteiger partial charge is 0.468 e. The predicted molar refractivity (Wildman–Crippen MR) is 86.9 cm³/mol. The van der Waals surface area contributed by atoms with E-state index in [2.05, 4.69) is 29.3 Å². The van der Waals surface area contributed by atoms with Gasteiger partial charge in [0.05, 0.1) is 11.8 Å². The monoisotopic (exact) mass is 317 g/mol. The van der Waals surface area contributed by atoms with Crippen LogP contribution < -0.4 is 0 Å². The van der Waals surface area contributed by atoms with Gasteiger partial charge in [-0.2, -0.15) is 5.10 Å². The van der Waals surface area contributed by atoms with Gasteiger partial charge in [-0.25, -0.2) is 0 Å². The molecule has 2 aromatic rings. The number of aryl methyl sites for hydroxylation is 1.